The number of benzene rings is 3. The largest absolute Gasteiger partial charge is 0.453 e. The van der Waals surface area contributed by atoms with E-state index in [0.29, 0.717) is 35.2 Å². The molecule has 0 aliphatic carbocycles. The molecular weight excluding hydrogens is 500 g/mol. The van der Waals surface area contributed by atoms with Crippen LogP contribution in [0.3, 0.4) is 0 Å². The van der Waals surface area contributed by atoms with Crippen molar-refractivity contribution in [3.05, 3.63) is 102 Å². The summed E-state index contributed by atoms with van der Waals surface area (Å²) in [6.07, 6.45) is 1.47. The van der Waals surface area contributed by atoms with Crippen molar-refractivity contribution in [1.29, 1.82) is 0 Å². The van der Waals surface area contributed by atoms with Gasteiger partial charge in [0.25, 0.3) is 0 Å². The summed E-state index contributed by atoms with van der Waals surface area (Å²) in [5.41, 5.74) is 0.0209. The van der Waals surface area contributed by atoms with Crippen molar-refractivity contribution in [2.24, 2.45) is 5.92 Å². The number of carbonyl (C=O) groups excluding carboxylic acids is 1. The Balaban J connectivity index is 1.29. The summed E-state index contributed by atoms with van der Waals surface area (Å²) in [5, 5.41) is 11.8. The number of sulfonamides is 1. The molecule has 3 aromatic carbocycles. The molecule has 7 nitrogen and oxygen atoms in total. The Kier molecular flexibility index (Phi) is 7.42. The van der Waals surface area contributed by atoms with E-state index in [-0.39, 0.29) is 16.9 Å². The number of piperidine rings is 3. The second kappa shape index (κ2) is 10.6. The van der Waals surface area contributed by atoms with Crippen LogP contribution < -0.4 is 4.72 Å². The SMILES string of the molecule is Cc1ccc(S(=O)(=O)NCC[N+]23CCC(CC2)[C@@H](OC(=O)C(O)(c2ccccc2)c2ccccc2)C3)cc1. The van der Waals surface area contributed by atoms with Crippen molar-refractivity contribution in [2.75, 3.05) is 32.7 Å². The molecule has 3 aliphatic heterocycles. The second-order valence-corrected chi connectivity index (χ2v) is 12.4. The number of nitrogens with one attached hydrogen (secondary N) is 1. The highest BCUT2D eigenvalue weighted by molar-refractivity contribution is 7.89. The van der Waals surface area contributed by atoms with Gasteiger partial charge in [-0.05, 0) is 30.2 Å². The van der Waals surface area contributed by atoms with Crippen molar-refractivity contribution in [1.82, 2.24) is 4.72 Å². The summed E-state index contributed by atoms with van der Waals surface area (Å²) in [6.45, 7) is 5.30. The van der Waals surface area contributed by atoms with Gasteiger partial charge in [0, 0.05) is 18.8 Å². The summed E-state index contributed by atoms with van der Waals surface area (Å²) in [4.78, 5) is 13.9. The van der Waals surface area contributed by atoms with Gasteiger partial charge in [0.15, 0.2) is 6.10 Å². The summed E-state index contributed by atoms with van der Waals surface area (Å²) >= 11 is 0. The zero-order valence-corrected chi connectivity index (χ0v) is 22.4. The third-order valence-electron chi connectivity index (χ3n) is 8.19. The smallest absolute Gasteiger partial charge is 0.348 e. The van der Waals surface area contributed by atoms with Gasteiger partial charge in [0.05, 0.1) is 31.1 Å². The summed E-state index contributed by atoms with van der Waals surface area (Å²) < 4.78 is 35.1. The summed E-state index contributed by atoms with van der Waals surface area (Å²) in [6, 6.07) is 24.6. The number of fused-ring (bicyclic) bond motifs is 3. The third-order valence-corrected chi connectivity index (χ3v) is 9.66. The van der Waals surface area contributed by atoms with Crippen molar-refractivity contribution in [3.63, 3.8) is 0 Å². The van der Waals surface area contributed by atoms with E-state index in [1.807, 2.05) is 19.1 Å². The van der Waals surface area contributed by atoms with Crippen molar-refractivity contribution < 1.29 is 27.5 Å². The zero-order valence-electron chi connectivity index (χ0n) is 21.6. The summed E-state index contributed by atoms with van der Waals surface area (Å²) in [7, 11) is -3.59. The molecule has 0 radical (unpaired) electrons. The fourth-order valence-electron chi connectivity index (χ4n) is 5.87. The molecule has 0 aromatic heterocycles. The fourth-order valence-corrected chi connectivity index (χ4v) is 6.89. The van der Waals surface area contributed by atoms with Crippen LogP contribution in [0, 0.1) is 12.8 Å². The van der Waals surface area contributed by atoms with Crippen LogP contribution in [0.1, 0.15) is 29.5 Å². The lowest BCUT2D eigenvalue weighted by atomic mass is 9.82. The number of esters is 1. The van der Waals surface area contributed by atoms with E-state index < -0.39 is 21.6 Å². The van der Waals surface area contributed by atoms with E-state index in [4.69, 9.17) is 4.74 Å². The van der Waals surface area contributed by atoms with Crippen LogP contribution in [0.25, 0.3) is 0 Å². The molecule has 3 aromatic rings. The first-order chi connectivity index (χ1) is 18.2. The molecule has 0 amide bonds. The van der Waals surface area contributed by atoms with Gasteiger partial charge in [-0.15, -0.1) is 0 Å². The molecule has 6 rings (SSSR count). The number of carbonyl (C=O) groups is 1. The minimum atomic E-state index is -3.59. The van der Waals surface area contributed by atoms with Crippen LogP contribution >= 0.6 is 0 Å². The molecule has 2 N–H and O–H groups in total. The zero-order chi connectivity index (χ0) is 26.8. The van der Waals surface area contributed by atoms with E-state index in [0.717, 1.165) is 31.5 Å². The Morgan fingerprint density at radius 2 is 1.50 bits per heavy atom. The monoisotopic (exact) mass is 535 g/mol. The molecule has 2 bridgehead atoms. The summed E-state index contributed by atoms with van der Waals surface area (Å²) in [5.74, 6) is -0.439. The van der Waals surface area contributed by atoms with Crippen molar-refractivity contribution >= 4 is 16.0 Å². The minimum Gasteiger partial charge on any atom is -0.453 e. The van der Waals surface area contributed by atoms with Gasteiger partial charge in [-0.25, -0.2) is 17.9 Å². The van der Waals surface area contributed by atoms with Gasteiger partial charge in [-0.3, -0.25) is 0 Å². The molecule has 0 unspecified atom stereocenters. The molecule has 3 heterocycles. The van der Waals surface area contributed by atoms with Gasteiger partial charge in [-0.1, -0.05) is 78.4 Å². The maximum Gasteiger partial charge on any atom is 0.348 e. The Morgan fingerprint density at radius 3 is 2.05 bits per heavy atom. The lowest BCUT2D eigenvalue weighted by Crippen LogP contribution is -2.66. The molecule has 0 saturated carbocycles. The number of hydrogen-bond acceptors (Lipinski definition) is 5. The van der Waals surface area contributed by atoms with Gasteiger partial charge in [0.1, 0.15) is 6.54 Å². The number of hydrogen-bond donors (Lipinski definition) is 2. The molecular formula is C30H35N2O5S+. The predicted molar refractivity (Wildman–Crippen MR) is 145 cm³/mol. The highest BCUT2D eigenvalue weighted by atomic mass is 32.2. The van der Waals surface area contributed by atoms with Crippen LogP contribution in [-0.2, 0) is 25.2 Å². The first kappa shape index (κ1) is 26.6. The number of aryl methyl sites for hydroxylation is 1. The molecule has 0 spiro atoms. The second-order valence-electron chi connectivity index (χ2n) is 10.6. The molecule has 8 heteroatoms. The first-order valence-corrected chi connectivity index (χ1v) is 14.7. The lowest BCUT2D eigenvalue weighted by molar-refractivity contribution is -0.945. The van der Waals surface area contributed by atoms with Crippen LogP contribution in [0.5, 0.6) is 0 Å². The van der Waals surface area contributed by atoms with Gasteiger partial charge >= 0.3 is 5.97 Å². The molecule has 38 heavy (non-hydrogen) atoms. The topological polar surface area (TPSA) is 92.7 Å². The molecule has 3 aliphatic rings. The van der Waals surface area contributed by atoms with Crippen molar-refractivity contribution in [3.8, 4) is 0 Å². The third kappa shape index (κ3) is 5.27. The Hall–Kier alpha value is -3.04. The van der Waals surface area contributed by atoms with Crippen LogP contribution in [0.2, 0.25) is 0 Å². The quantitative estimate of drug-likeness (QED) is 0.324. The Bertz CT molecular complexity index is 1310. The standard InChI is InChI=1S/C30H35N2O5S/c1-23-12-14-27(15-13-23)38(35,36)31-18-21-32-19-16-24(17-20-32)28(22-32)37-29(33)30(34,25-8-4-2-5-9-25)26-10-6-3-7-11-26/h2-15,24,28,31,34H,16-22H2,1H3/q+1/t24?,28-,32?/m0/s1. The molecule has 3 saturated heterocycles. The average molecular weight is 536 g/mol. The van der Waals surface area contributed by atoms with Crippen LogP contribution in [0.15, 0.2) is 89.8 Å². The number of quaternary nitrogens is 1. The van der Waals surface area contributed by atoms with Gasteiger partial charge in [-0.2, -0.15) is 0 Å². The Labute approximate surface area is 224 Å². The number of nitrogens with zero attached hydrogens (tertiary/aromatic N) is 1. The minimum absolute atomic E-state index is 0.235. The van der Waals surface area contributed by atoms with Crippen LogP contribution in [0.4, 0.5) is 0 Å². The lowest BCUT2D eigenvalue weighted by Gasteiger charge is -2.52. The van der Waals surface area contributed by atoms with E-state index in [1.54, 1.807) is 72.8 Å². The maximum atomic E-state index is 13.7. The average Bonchev–Trinajstić information content (AvgIpc) is 2.94. The van der Waals surface area contributed by atoms with Gasteiger partial charge < -0.3 is 14.3 Å². The number of rotatable bonds is 9. The predicted octanol–water partition coefficient (Wildman–Crippen LogP) is 3.36. The maximum absolute atomic E-state index is 13.7. The number of ether oxygens (including phenoxy) is 1. The van der Waals surface area contributed by atoms with Gasteiger partial charge in [0.2, 0.25) is 15.6 Å². The van der Waals surface area contributed by atoms with Crippen molar-refractivity contribution in [2.45, 2.75) is 36.4 Å². The molecule has 3 fully saturated rings. The fraction of sp³-hybridized carbons (Fsp3) is 0.367. The highest BCUT2D eigenvalue weighted by Crippen LogP contribution is 2.38. The number of aliphatic hydroxyl groups is 1. The van der Waals surface area contributed by atoms with E-state index >= 15 is 0 Å². The Morgan fingerprint density at radius 1 is 0.947 bits per heavy atom. The van der Waals surface area contributed by atoms with E-state index in [2.05, 4.69) is 4.72 Å². The highest BCUT2D eigenvalue weighted by Gasteiger charge is 2.50. The molecule has 1 atom stereocenters. The molecule has 200 valence electrons. The van der Waals surface area contributed by atoms with E-state index in [9.17, 15) is 18.3 Å². The van der Waals surface area contributed by atoms with Crippen LogP contribution in [-0.4, -0.2) is 62.8 Å². The first-order valence-electron chi connectivity index (χ1n) is 13.2. The normalized spacial score (nSPS) is 23.2. The van der Waals surface area contributed by atoms with E-state index in [1.165, 1.54) is 0 Å².